The molecule has 2 atom stereocenters. The fourth-order valence-corrected chi connectivity index (χ4v) is 3.84. The smallest absolute Gasteiger partial charge is 0.227 e. The maximum absolute atomic E-state index is 12.2. The highest BCUT2D eigenvalue weighted by atomic mass is 127. The summed E-state index contributed by atoms with van der Waals surface area (Å²) in [7, 11) is 1.81. The molecule has 162 valence electrons. The van der Waals surface area contributed by atoms with Crippen LogP contribution in [0.4, 0.5) is 5.69 Å². The molecule has 2 aliphatic rings. The second-order valence-corrected chi connectivity index (χ2v) is 8.52. The number of halogens is 1. The first-order valence-electron chi connectivity index (χ1n) is 10.6. The van der Waals surface area contributed by atoms with Crippen LogP contribution in [0, 0.1) is 11.8 Å². The van der Waals surface area contributed by atoms with Crippen LogP contribution in [-0.4, -0.2) is 49.0 Å². The van der Waals surface area contributed by atoms with Crippen LogP contribution in [0.3, 0.4) is 0 Å². The van der Waals surface area contributed by atoms with Gasteiger partial charge in [0, 0.05) is 50.4 Å². The number of anilines is 1. The lowest BCUT2D eigenvalue weighted by Gasteiger charge is -2.24. The SMILES string of the molecule is CN=C(NCc1cccc(NC(=O)C2CCC2)c1)NC1CN(C(C)C)CC1C.I. The van der Waals surface area contributed by atoms with Crippen molar-refractivity contribution in [3.8, 4) is 0 Å². The molecule has 1 amide bonds. The van der Waals surface area contributed by atoms with Gasteiger partial charge in [-0.3, -0.25) is 14.7 Å². The Kier molecular flexibility index (Phi) is 9.20. The van der Waals surface area contributed by atoms with Gasteiger partial charge in [-0.15, -0.1) is 24.0 Å². The van der Waals surface area contributed by atoms with E-state index in [4.69, 9.17) is 0 Å². The Hall–Kier alpha value is -1.35. The molecule has 1 heterocycles. The van der Waals surface area contributed by atoms with Gasteiger partial charge in [0.25, 0.3) is 0 Å². The molecule has 2 unspecified atom stereocenters. The molecule has 0 spiro atoms. The third-order valence-corrected chi connectivity index (χ3v) is 6.05. The van der Waals surface area contributed by atoms with Crippen LogP contribution < -0.4 is 16.0 Å². The average molecular weight is 513 g/mol. The highest BCUT2D eigenvalue weighted by Crippen LogP contribution is 2.27. The van der Waals surface area contributed by atoms with E-state index in [-0.39, 0.29) is 35.8 Å². The third kappa shape index (κ3) is 6.57. The van der Waals surface area contributed by atoms with Gasteiger partial charge in [0.2, 0.25) is 5.91 Å². The molecule has 1 saturated heterocycles. The standard InChI is InChI=1S/C22H35N5O.HI/c1-15(2)27-13-16(3)20(14-27)26-22(23-4)24-12-17-7-5-10-19(11-17)25-21(28)18-8-6-9-18;/h5,7,10-11,15-16,18,20H,6,8-9,12-14H2,1-4H3,(H,25,28)(H2,23,24,26);1H. The molecule has 6 nitrogen and oxygen atoms in total. The number of nitrogens with one attached hydrogen (secondary N) is 3. The minimum absolute atomic E-state index is 0. The number of guanidine groups is 1. The van der Waals surface area contributed by atoms with Crippen LogP contribution in [0.5, 0.6) is 0 Å². The van der Waals surface area contributed by atoms with Gasteiger partial charge in [-0.25, -0.2) is 0 Å². The number of aliphatic imine (C=N–C) groups is 1. The topological polar surface area (TPSA) is 68.8 Å². The van der Waals surface area contributed by atoms with Crippen molar-refractivity contribution in [3.63, 3.8) is 0 Å². The molecule has 0 aromatic heterocycles. The Morgan fingerprint density at radius 3 is 2.62 bits per heavy atom. The molecular weight excluding hydrogens is 477 g/mol. The Morgan fingerprint density at radius 1 is 1.28 bits per heavy atom. The van der Waals surface area contributed by atoms with E-state index in [2.05, 4.69) is 52.7 Å². The summed E-state index contributed by atoms with van der Waals surface area (Å²) in [6, 6.07) is 9.02. The number of amides is 1. The summed E-state index contributed by atoms with van der Waals surface area (Å²) in [4.78, 5) is 19.1. The summed E-state index contributed by atoms with van der Waals surface area (Å²) >= 11 is 0. The molecule has 1 aliphatic carbocycles. The van der Waals surface area contributed by atoms with E-state index in [0.29, 0.717) is 24.5 Å². The van der Waals surface area contributed by atoms with Crippen molar-refractivity contribution in [2.45, 2.75) is 58.7 Å². The zero-order chi connectivity index (χ0) is 20.1. The molecule has 3 N–H and O–H groups in total. The van der Waals surface area contributed by atoms with Gasteiger partial charge in [0.1, 0.15) is 0 Å². The van der Waals surface area contributed by atoms with E-state index >= 15 is 0 Å². The summed E-state index contributed by atoms with van der Waals surface area (Å²) < 4.78 is 0. The van der Waals surface area contributed by atoms with E-state index in [1.165, 1.54) is 6.42 Å². The first-order chi connectivity index (χ1) is 13.5. The summed E-state index contributed by atoms with van der Waals surface area (Å²) in [5.41, 5.74) is 1.99. The monoisotopic (exact) mass is 513 g/mol. The van der Waals surface area contributed by atoms with Gasteiger partial charge in [0.05, 0.1) is 0 Å². The quantitative estimate of drug-likeness (QED) is 0.310. The van der Waals surface area contributed by atoms with E-state index < -0.39 is 0 Å². The van der Waals surface area contributed by atoms with Crippen LogP contribution in [0.25, 0.3) is 0 Å². The number of carbonyl (C=O) groups excluding carboxylic acids is 1. The zero-order valence-electron chi connectivity index (χ0n) is 18.1. The van der Waals surface area contributed by atoms with Crippen molar-refractivity contribution in [2.24, 2.45) is 16.8 Å². The second kappa shape index (κ2) is 11.2. The lowest BCUT2D eigenvalue weighted by molar-refractivity contribution is -0.122. The van der Waals surface area contributed by atoms with E-state index in [9.17, 15) is 4.79 Å². The molecule has 0 bridgehead atoms. The zero-order valence-corrected chi connectivity index (χ0v) is 20.4. The first kappa shape index (κ1) is 23.9. The maximum Gasteiger partial charge on any atom is 0.227 e. The molecule has 1 aliphatic heterocycles. The van der Waals surface area contributed by atoms with Crippen molar-refractivity contribution < 1.29 is 4.79 Å². The van der Waals surface area contributed by atoms with Crippen molar-refractivity contribution >= 4 is 41.5 Å². The van der Waals surface area contributed by atoms with Gasteiger partial charge in [-0.05, 0) is 50.3 Å². The number of hydrogen-bond donors (Lipinski definition) is 3. The number of carbonyl (C=O) groups is 1. The fraction of sp³-hybridized carbons (Fsp3) is 0.636. The lowest BCUT2D eigenvalue weighted by atomic mass is 9.85. The van der Waals surface area contributed by atoms with Crippen LogP contribution in [0.1, 0.15) is 45.6 Å². The van der Waals surface area contributed by atoms with Crippen LogP contribution in [0.15, 0.2) is 29.3 Å². The van der Waals surface area contributed by atoms with Gasteiger partial charge < -0.3 is 16.0 Å². The lowest BCUT2D eigenvalue weighted by Crippen LogP contribution is -2.46. The number of likely N-dealkylation sites (tertiary alicyclic amines) is 1. The van der Waals surface area contributed by atoms with Crippen molar-refractivity contribution in [1.82, 2.24) is 15.5 Å². The normalized spacial score (nSPS) is 22.7. The summed E-state index contributed by atoms with van der Waals surface area (Å²) in [5.74, 6) is 1.76. The Morgan fingerprint density at radius 2 is 2.03 bits per heavy atom. The fourth-order valence-electron chi connectivity index (χ4n) is 3.84. The van der Waals surface area contributed by atoms with E-state index in [0.717, 1.165) is 43.1 Å². The number of nitrogens with zero attached hydrogens (tertiary/aromatic N) is 2. The summed E-state index contributed by atoms with van der Waals surface area (Å²) in [6.07, 6.45) is 3.20. The molecule has 0 radical (unpaired) electrons. The van der Waals surface area contributed by atoms with E-state index in [1.54, 1.807) is 0 Å². The highest BCUT2D eigenvalue weighted by Gasteiger charge is 2.31. The summed E-state index contributed by atoms with van der Waals surface area (Å²) in [5, 5.41) is 10.0. The van der Waals surface area contributed by atoms with E-state index in [1.807, 2.05) is 25.2 Å². The largest absolute Gasteiger partial charge is 0.352 e. The van der Waals surface area contributed by atoms with Crippen molar-refractivity contribution in [2.75, 3.05) is 25.5 Å². The molecule has 2 fully saturated rings. The second-order valence-electron chi connectivity index (χ2n) is 8.52. The number of rotatable bonds is 6. The van der Waals surface area contributed by atoms with Crippen LogP contribution >= 0.6 is 24.0 Å². The minimum Gasteiger partial charge on any atom is -0.352 e. The molecular formula is C22H36IN5O. The Balaban J connectivity index is 0.00000300. The predicted octanol–water partition coefficient (Wildman–Crippen LogP) is 3.44. The predicted molar refractivity (Wildman–Crippen MR) is 131 cm³/mol. The molecule has 7 heteroatoms. The van der Waals surface area contributed by atoms with Crippen LogP contribution in [0.2, 0.25) is 0 Å². The van der Waals surface area contributed by atoms with Crippen LogP contribution in [-0.2, 0) is 11.3 Å². The van der Waals surface area contributed by atoms with Gasteiger partial charge in [-0.2, -0.15) is 0 Å². The van der Waals surface area contributed by atoms with Gasteiger partial charge >= 0.3 is 0 Å². The number of hydrogen-bond acceptors (Lipinski definition) is 3. The molecule has 1 aromatic rings. The maximum atomic E-state index is 12.2. The highest BCUT2D eigenvalue weighted by molar-refractivity contribution is 14.0. The molecule has 1 aromatic carbocycles. The van der Waals surface area contributed by atoms with Gasteiger partial charge in [-0.1, -0.05) is 25.5 Å². The molecule has 29 heavy (non-hydrogen) atoms. The summed E-state index contributed by atoms with van der Waals surface area (Å²) in [6.45, 7) is 9.62. The van der Waals surface area contributed by atoms with Crippen molar-refractivity contribution in [3.05, 3.63) is 29.8 Å². The Labute approximate surface area is 192 Å². The molecule has 3 rings (SSSR count). The number of benzene rings is 1. The first-order valence-corrected chi connectivity index (χ1v) is 10.6. The minimum atomic E-state index is 0. The average Bonchev–Trinajstić information content (AvgIpc) is 2.98. The third-order valence-electron chi connectivity index (χ3n) is 6.05. The Bertz CT molecular complexity index is 704. The molecule has 1 saturated carbocycles. The van der Waals surface area contributed by atoms with Crippen molar-refractivity contribution in [1.29, 1.82) is 0 Å². The van der Waals surface area contributed by atoms with Gasteiger partial charge in [0.15, 0.2) is 5.96 Å².